The molecule has 1 N–H and O–H groups in total. The molecule has 0 atom stereocenters. The molecule has 7 heteroatoms. The molecule has 2 rings (SSSR count). The number of imidazole rings is 1. The van der Waals surface area contributed by atoms with Gasteiger partial charge in [-0.25, -0.2) is 17.4 Å². The molecule has 1 aromatic heterocycles. The molecule has 0 aliphatic rings. The van der Waals surface area contributed by atoms with Crippen LogP contribution in [0.25, 0.3) is 0 Å². The van der Waals surface area contributed by atoms with E-state index in [1.807, 2.05) is 0 Å². The van der Waals surface area contributed by atoms with Crippen molar-refractivity contribution in [2.75, 3.05) is 0 Å². The Kier molecular flexibility index (Phi) is 3.15. The van der Waals surface area contributed by atoms with Gasteiger partial charge >= 0.3 is 5.97 Å². The van der Waals surface area contributed by atoms with Gasteiger partial charge < -0.3 is 5.11 Å². The fraction of sp³-hybridized carbons (Fsp3) is 0.0909. The molecule has 1 aromatic carbocycles. The Morgan fingerprint density at radius 1 is 1.28 bits per heavy atom. The third-order valence-corrected chi connectivity index (χ3v) is 3.89. The highest BCUT2D eigenvalue weighted by Gasteiger charge is 2.17. The highest BCUT2D eigenvalue weighted by molar-refractivity contribution is 7.90. The zero-order chi connectivity index (χ0) is 13.2. The molecule has 0 spiro atoms. The minimum absolute atomic E-state index is 0.129. The molecule has 94 valence electrons. The van der Waals surface area contributed by atoms with Crippen molar-refractivity contribution in [3.05, 3.63) is 48.5 Å². The van der Waals surface area contributed by atoms with Crippen molar-refractivity contribution in [2.45, 2.75) is 11.3 Å². The largest absolute Gasteiger partial charge is 0.481 e. The van der Waals surface area contributed by atoms with Gasteiger partial charge in [-0.05, 0) is 12.1 Å². The summed E-state index contributed by atoms with van der Waals surface area (Å²) in [4.78, 5) is 14.4. The van der Waals surface area contributed by atoms with Gasteiger partial charge in [0, 0.05) is 6.20 Å². The Balaban J connectivity index is 2.37. The molecule has 6 nitrogen and oxygen atoms in total. The quantitative estimate of drug-likeness (QED) is 0.881. The molecular weight excluding hydrogens is 256 g/mol. The van der Waals surface area contributed by atoms with E-state index in [4.69, 9.17) is 5.11 Å². The Bertz CT molecular complexity index is 661. The fourth-order valence-electron chi connectivity index (χ4n) is 1.44. The molecule has 0 aliphatic carbocycles. The zero-order valence-electron chi connectivity index (χ0n) is 9.22. The lowest BCUT2D eigenvalue weighted by atomic mass is 10.3. The number of benzene rings is 1. The van der Waals surface area contributed by atoms with Crippen LogP contribution in [0.4, 0.5) is 0 Å². The lowest BCUT2D eigenvalue weighted by molar-refractivity contribution is -0.136. The van der Waals surface area contributed by atoms with Crippen molar-refractivity contribution < 1.29 is 18.3 Å². The van der Waals surface area contributed by atoms with E-state index in [-0.39, 0.29) is 17.0 Å². The average Bonchev–Trinajstić information content (AvgIpc) is 2.78. The number of carboxylic acids is 1. The van der Waals surface area contributed by atoms with Crippen molar-refractivity contribution in [1.82, 2.24) is 8.96 Å². The number of nitrogens with zero attached hydrogens (tertiary/aromatic N) is 2. The Labute approximate surface area is 104 Å². The van der Waals surface area contributed by atoms with Gasteiger partial charge in [-0.15, -0.1) is 0 Å². The van der Waals surface area contributed by atoms with Gasteiger partial charge in [0.2, 0.25) is 0 Å². The van der Waals surface area contributed by atoms with Gasteiger partial charge in [0.1, 0.15) is 6.33 Å². The van der Waals surface area contributed by atoms with Crippen LogP contribution in [0.1, 0.15) is 5.69 Å². The number of rotatable bonds is 4. The van der Waals surface area contributed by atoms with E-state index in [0.717, 1.165) is 10.3 Å². The molecule has 18 heavy (non-hydrogen) atoms. The normalized spacial score (nSPS) is 11.3. The van der Waals surface area contributed by atoms with E-state index in [9.17, 15) is 13.2 Å². The van der Waals surface area contributed by atoms with Crippen LogP contribution in [0.3, 0.4) is 0 Å². The van der Waals surface area contributed by atoms with Gasteiger partial charge in [-0.3, -0.25) is 4.79 Å². The van der Waals surface area contributed by atoms with Crippen molar-refractivity contribution in [3.8, 4) is 0 Å². The van der Waals surface area contributed by atoms with E-state index < -0.39 is 16.0 Å². The van der Waals surface area contributed by atoms with Gasteiger partial charge in [0.15, 0.2) is 0 Å². The monoisotopic (exact) mass is 266 g/mol. The SMILES string of the molecule is O=C(O)Cc1cn(S(=O)(=O)c2ccccc2)cn1. The first-order chi connectivity index (χ1) is 8.50. The summed E-state index contributed by atoms with van der Waals surface area (Å²) in [6.45, 7) is 0. The molecule has 0 fully saturated rings. The maximum atomic E-state index is 12.1. The number of aromatic nitrogens is 2. The first-order valence-electron chi connectivity index (χ1n) is 5.05. The van der Waals surface area contributed by atoms with Crippen LogP contribution in [0.5, 0.6) is 0 Å². The minimum Gasteiger partial charge on any atom is -0.481 e. The summed E-state index contributed by atoms with van der Waals surface area (Å²) in [5.41, 5.74) is 0.196. The average molecular weight is 266 g/mol. The third kappa shape index (κ3) is 2.40. The first kappa shape index (κ1) is 12.3. The summed E-state index contributed by atoms with van der Waals surface area (Å²) >= 11 is 0. The molecule has 0 amide bonds. The summed E-state index contributed by atoms with van der Waals surface area (Å²) in [5.74, 6) is -1.06. The maximum Gasteiger partial charge on any atom is 0.309 e. The zero-order valence-corrected chi connectivity index (χ0v) is 10.0. The van der Waals surface area contributed by atoms with Crippen LogP contribution in [-0.4, -0.2) is 28.5 Å². The van der Waals surface area contributed by atoms with Gasteiger partial charge in [0.05, 0.1) is 17.0 Å². The standard InChI is InChI=1S/C11H10N2O4S/c14-11(15)6-9-7-13(8-12-9)18(16,17)10-4-2-1-3-5-10/h1-5,7-8H,6H2,(H,14,15). The minimum atomic E-state index is -3.69. The molecule has 0 saturated carbocycles. The lowest BCUT2D eigenvalue weighted by Crippen LogP contribution is -2.10. The number of carboxylic acid groups (broad SMARTS) is 1. The Morgan fingerprint density at radius 3 is 2.56 bits per heavy atom. The molecular formula is C11H10N2O4S. The third-order valence-electron chi connectivity index (χ3n) is 2.26. The van der Waals surface area contributed by atoms with E-state index in [0.29, 0.717) is 0 Å². The molecule has 2 aromatic rings. The van der Waals surface area contributed by atoms with E-state index >= 15 is 0 Å². The second-order valence-corrected chi connectivity index (χ2v) is 5.43. The van der Waals surface area contributed by atoms with Crippen molar-refractivity contribution in [1.29, 1.82) is 0 Å². The topological polar surface area (TPSA) is 89.3 Å². The molecule has 0 radical (unpaired) electrons. The number of carbonyl (C=O) groups is 1. The summed E-state index contributed by atoms with van der Waals surface area (Å²) in [7, 11) is -3.69. The van der Waals surface area contributed by atoms with Crippen LogP contribution >= 0.6 is 0 Å². The number of aliphatic carboxylic acids is 1. The summed E-state index contributed by atoms with van der Waals surface area (Å²) in [6, 6.07) is 7.87. The molecule has 0 saturated heterocycles. The second kappa shape index (κ2) is 4.61. The molecule has 1 heterocycles. The Morgan fingerprint density at radius 2 is 1.94 bits per heavy atom. The van der Waals surface area contributed by atoms with Crippen molar-refractivity contribution in [2.24, 2.45) is 0 Å². The van der Waals surface area contributed by atoms with Crippen LogP contribution in [0.15, 0.2) is 47.8 Å². The molecule has 0 bridgehead atoms. The van der Waals surface area contributed by atoms with E-state index in [1.165, 1.54) is 18.3 Å². The molecule has 0 aliphatic heterocycles. The lowest BCUT2D eigenvalue weighted by Gasteiger charge is -2.03. The van der Waals surface area contributed by atoms with Crippen LogP contribution in [-0.2, 0) is 21.2 Å². The van der Waals surface area contributed by atoms with Gasteiger partial charge in [-0.2, -0.15) is 0 Å². The highest BCUT2D eigenvalue weighted by Crippen LogP contribution is 2.13. The summed E-state index contributed by atoms with van der Waals surface area (Å²) in [6.07, 6.45) is 1.99. The van der Waals surface area contributed by atoms with Crippen molar-refractivity contribution in [3.63, 3.8) is 0 Å². The second-order valence-electron chi connectivity index (χ2n) is 3.58. The van der Waals surface area contributed by atoms with E-state index in [1.54, 1.807) is 18.2 Å². The Hall–Kier alpha value is -2.15. The van der Waals surface area contributed by atoms with Gasteiger partial charge in [0.25, 0.3) is 10.0 Å². The fourth-order valence-corrected chi connectivity index (χ4v) is 2.61. The predicted molar refractivity (Wildman–Crippen MR) is 62.6 cm³/mol. The van der Waals surface area contributed by atoms with Crippen molar-refractivity contribution >= 4 is 16.0 Å². The van der Waals surface area contributed by atoms with Crippen LogP contribution < -0.4 is 0 Å². The van der Waals surface area contributed by atoms with Gasteiger partial charge in [-0.1, -0.05) is 18.2 Å². The number of hydrogen-bond donors (Lipinski definition) is 1. The van der Waals surface area contributed by atoms with E-state index in [2.05, 4.69) is 4.98 Å². The highest BCUT2D eigenvalue weighted by atomic mass is 32.2. The number of hydrogen-bond acceptors (Lipinski definition) is 4. The smallest absolute Gasteiger partial charge is 0.309 e. The summed E-state index contributed by atoms with van der Waals surface area (Å²) in [5, 5.41) is 8.60. The summed E-state index contributed by atoms with van der Waals surface area (Å²) < 4.78 is 25.1. The van der Waals surface area contributed by atoms with Crippen LogP contribution in [0, 0.1) is 0 Å². The van der Waals surface area contributed by atoms with Crippen LogP contribution in [0.2, 0.25) is 0 Å². The molecule has 0 unspecified atom stereocenters. The maximum absolute atomic E-state index is 12.1. The first-order valence-corrected chi connectivity index (χ1v) is 6.49. The predicted octanol–water partition coefficient (Wildman–Crippen LogP) is 0.747.